The van der Waals surface area contributed by atoms with Crippen molar-refractivity contribution in [2.45, 2.75) is 23.8 Å². The molecule has 0 radical (unpaired) electrons. The van der Waals surface area contributed by atoms with E-state index in [1.165, 1.54) is 8.61 Å². The predicted molar refractivity (Wildman–Crippen MR) is 138 cm³/mol. The minimum absolute atomic E-state index is 0.0118. The SMILES string of the molecule is CN(C)c1cccc2c(S(=O)(=O)N3CCN(S(=O)(=O)CCOCC(N)CCCO)CC3)cccc12. The molecule has 0 amide bonds. The molecule has 1 aliphatic heterocycles. The second kappa shape index (κ2) is 12.0. The number of rotatable bonds is 12. The zero-order valence-corrected chi connectivity index (χ0v) is 22.0. The van der Waals surface area contributed by atoms with Gasteiger partial charge in [0.05, 0.1) is 23.9 Å². The maximum absolute atomic E-state index is 13.5. The number of hydrogen-bond donors (Lipinski definition) is 2. The summed E-state index contributed by atoms with van der Waals surface area (Å²) in [6, 6.07) is 10.6. The number of aliphatic hydroxyl groups excluding tert-OH is 1. The highest BCUT2D eigenvalue weighted by molar-refractivity contribution is 7.89. The Bertz CT molecular complexity index is 1200. The van der Waals surface area contributed by atoms with E-state index in [9.17, 15) is 16.8 Å². The zero-order valence-electron chi connectivity index (χ0n) is 20.3. The molecule has 2 aromatic carbocycles. The third-order valence-corrected chi connectivity index (χ3v) is 9.89. The van der Waals surface area contributed by atoms with E-state index in [1.807, 2.05) is 37.2 Å². The molecular formula is C23H36N4O6S2. The number of fused-ring (bicyclic) bond motifs is 1. The first-order valence-electron chi connectivity index (χ1n) is 11.7. The van der Waals surface area contributed by atoms with Gasteiger partial charge in [-0.3, -0.25) is 0 Å². The first kappa shape index (κ1) is 27.8. The molecule has 0 bridgehead atoms. The van der Waals surface area contributed by atoms with Gasteiger partial charge in [0.25, 0.3) is 0 Å². The lowest BCUT2D eigenvalue weighted by molar-refractivity contribution is 0.128. The zero-order chi connectivity index (χ0) is 25.6. The predicted octanol–water partition coefficient (Wildman–Crippen LogP) is 0.658. The Balaban J connectivity index is 1.63. The minimum Gasteiger partial charge on any atom is -0.396 e. The summed E-state index contributed by atoms with van der Waals surface area (Å²) < 4.78 is 60.5. The number of aliphatic hydroxyl groups is 1. The first-order valence-corrected chi connectivity index (χ1v) is 14.7. The number of sulfonamides is 2. The van der Waals surface area contributed by atoms with Crippen LogP contribution >= 0.6 is 0 Å². The van der Waals surface area contributed by atoms with Gasteiger partial charge in [0.2, 0.25) is 20.0 Å². The number of hydrogen-bond acceptors (Lipinski definition) is 8. The van der Waals surface area contributed by atoms with E-state index < -0.39 is 20.0 Å². The van der Waals surface area contributed by atoms with E-state index in [4.69, 9.17) is 15.6 Å². The van der Waals surface area contributed by atoms with Crippen LogP contribution in [-0.2, 0) is 24.8 Å². The third-order valence-electron chi connectivity index (χ3n) is 6.10. The Morgan fingerprint density at radius 3 is 2.29 bits per heavy atom. The summed E-state index contributed by atoms with van der Waals surface area (Å²) in [5, 5.41) is 10.3. The van der Waals surface area contributed by atoms with Crippen molar-refractivity contribution < 1.29 is 26.7 Å². The van der Waals surface area contributed by atoms with E-state index >= 15 is 0 Å². The standard InChI is InChI=1S/C23H36N4O6S2/c1-25(2)22-9-3-8-21-20(22)7-4-10-23(21)35(31,32)27-13-11-26(12-14-27)34(29,30)17-16-33-18-19(24)6-5-15-28/h3-4,7-10,19,28H,5-6,11-18,24H2,1-2H3. The van der Waals surface area contributed by atoms with Gasteiger partial charge in [-0.05, 0) is 25.0 Å². The second-order valence-electron chi connectivity index (χ2n) is 8.84. The van der Waals surface area contributed by atoms with Gasteiger partial charge in [-0.2, -0.15) is 8.61 Å². The molecule has 0 spiro atoms. The van der Waals surface area contributed by atoms with Gasteiger partial charge in [-0.15, -0.1) is 0 Å². The Morgan fingerprint density at radius 2 is 1.63 bits per heavy atom. The summed E-state index contributed by atoms with van der Waals surface area (Å²) in [5.74, 6) is -0.191. The van der Waals surface area contributed by atoms with Crippen LogP contribution in [0.4, 0.5) is 5.69 Å². The van der Waals surface area contributed by atoms with Crippen LogP contribution in [0.1, 0.15) is 12.8 Å². The van der Waals surface area contributed by atoms with Crippen LogP contribution in [0, 0.1) is 0 Å². The van der Waals surface area contributed by atoms with Crippen molar-refractivity contribution in [3.05, 3.63) is 36.4 Å². The van der Waals surface area contributed by atoms with Crippen molar-refractivity contribution in [3.63, 3.8) is 0 Å². The second-order valence-corrected chi connectivity index (χ2v) is 12.8. The molecule has 0 aromatic heterocycles. The Morgan fingerprint density at radius 1 is 1.00 bits per heavy atom. The molecule has 0 saturated carbocycles. The summed E-state index contributed by atoms with van der Waals surface area (Å²) in [6.07, 6.45) is 1.18. The molecule has 196 valence electrons. The molecule has 1 atom stereocenters. The van der Waals surface area contributed by atoms with Crippen LogP contribution in [-0.4, -0.2) is 102 Å². The van der Waals surface area contributed by atoms with Crippen molar-refractivity contribution in [1.82, 2.24) is 8.61 Å². The van der Waals surface area contributed by atoms with E-state index in [0.717, 1.165) is 11.1 Å². The quantitative estimate of drug-likeness (QED) is 0.384. The lowest BCUT2D eigenvalue weighted by Crippen LogP contribution is -2.51. The average molecular weight is 529 g/mol. The first-order chi connectivity index (χ1) is 16.6. The van der Waals surface area contributed by atoms with Gasteiger partial charge in [0, 0.05) is 69.4 Å². The third kappa shape index (κ3) is 6.70. The molecule has 1 heterocycles. The fourth-order valence-corrected chi connectivity index (χ4v) is 7.11. The van der Waals surface area contributed by atoms with Crippen LogP contribution in [0.25, 0.3) is 10.8 Å². The average Bonchev–Trinajstić information content (AvgIpc) is 2.84. The van der Waals surface area contributed by atoms with Crippen LogP contribution in [0.5, 0.6) is 0 Å². The van der Waals surface area contributed by atoms with E-state index in [2.05, 4.69) is 0 Å². The molecule has 0 aliphatic carbocycles. The van der Waals surface area contributed by atoms with Crippen LogP contribution in [0.15, 0.2) is 41.3 Å². The molecule has 1 unspecified atom stereocenters. The van der Waals surface area contributed by atoms with E-state index in [1.54, 1.807) is 18.2 Å². The monoisotopic (exact) mass is 528 g/mol. The number of benzene rings is 2. The molecule has 1 saturated heterocycles. The number of piperazine rings is 1. The van der Waals surface area contributed by atoms with Gasteiger partial charge < -0.3 is 20.5 Å². The van der Waals surface area contributed by atoms with E-state index in [-0.39, 0.29) is 62.7 Å². The number of ether oxygens (including phenoxy) is 1. The summed E-state index contributed by atoms with van der Waals surface area (Å²) in [6.45, 7) is 0.633. The summed E-state index contributed by atoms with van der Waals surface area (Å²) in [5.41, 5.74) is 6.78. The molecule has 2 aromatic rings. The van der Waals surface area contributed by atoms with Crippen LogP contribution < -0.4 is 10.6 Å². The molecule has 12 heteroatoms. The van der Waals surface area contributed by atoms with Crippen molar-refractivity contribution in [3.8, 4) is 0 Å². The molecule has 1 fully saturated rings. The van der Waals surface area contributed by atoms with Gasteiger partial charge in [0.15, 0.2) is 0 Å². The van der Waals surface area contributed by atoms with Crippen LogP contribution in [0.3, 0.4) is 0 Å². The number of anilines is 1. The highest BCUT2D eigenvalue weighted by Crippen LogP contribution is 2.32. The van der Waals surface area contributed by atoms with Gasteiger partial charge in [-0.1, -0.05) is 24.3 Å². The molecule has 35 heavy (non-hydrogen) atoms. The van der Waals surface area contributed by atoms with Crippen LogP contribution in [0.2, 0.25) is 0 Å². The Kier molecular flexibility index (Phi) is 9.49. The van der Waals surface area contributed by atoms with Gasteiger partial charge in [-0.25, -0.2) is 16.8 Å². The van der Waals surface area contributed by atoms with Crippen molar-refractivity contribution in [2.24, 2.45) is 5.73 Å². The molecular weight excluding hydrogens is 492 g/mol. The molecule has 10 nitrogen and oxygen atoms in total. The Labute approximate surface area is 208 Å². The Hall–Kier alpha value is -1.80. The van der Waals surface area contributed by atoms with Gasteiger partial charge >= 0.3 is 0 Å². The molecule has 3 N–H and O–H groups in total. The van der Waals surface area contributed by atoms with Crippen molar-refractivity contribution >= 4 is 36.5 Å². The van der Waals surface area contributed by atoms with Crippen molar-refractivity contribution in [1.29, 1.82) is 0 Å². The lowest BCUT2D eigenvalue weighted by atomic mass is 10.1. The fourth-order valence-electron chi connectivity index (χ4n) is 4.17. The highest BCUT2D eigenvalue weighted by atomic mass is 32.2. The molecule has 3 rings (SSSR count). The topological polar surface area (TPSA) is 133 Å². The largest absolute Gasteiger partial charge is 0.396 e. The maximum Gasteiger partial charge on any atom is 0.243 e. The molecule has 1 aliphatic rings. The summed E-state index contributed by atoms with van der Waals surface area (Å²) >= 11 is 0. The number of nitrogens with two attached hydrogens (primary N) is 1. The minimum atomic E-state index is -3.80. The maximum atomic E-state index is 13.5. The fraction of sp³-hybridized carbons (Fsp3) is 0.565. The summed E-state index contributed by atoms with van der Waals surface area (Å²) in [7, 11) is -3.56. The van der Waals surface area contributed by atoms with Gasteiger partial charge in [0.1, 0.15) is 0 Å². The lowest BCUT2D eigenvalue weighted by Gasteiger charge is -2.33. The normalized spacial score (nSPS) is 17.0. The van der Waals surface area contributed by atoms with Crippen molar-refractivity contribution in [2.75, 3.05) is 70.7 Å². The highest BCUT2D eigenvalue weighted by Gasteiger charge is 2.33. The van der Waals surface area contributed by atoms with E-state index in [0.29, 0.717) is 18.2 Å². The number of nitrogens with zero attached hydrogens (tertiary/aromatic N) is 3. The smallest absolute Gasteiger partial charge is 0.243 e. The summed E-state index contributed by atoms with van der Waals surface area (Å²) in [4.78, 5) is 2.16.